The van der Waals surface area contributed by atoms with E-state index in [9.17, 15) is 0 Å². The van der Waals surface area contributed by atoms with Crippen molar-refractivity contribution in [3.05, 3.63) is 65.5 Å². The predicted molar refractivity (Wildman–Crippen MR) is 99.7 cm³/mol. The summed E-state index contributed by atoms with van der Waals surface area (Å²) in [5.41, 5.74) is 4.13. The zero-order chi connectivity index (χ0) is 16.7. The molecule has 2 atom stereocenters. The van der Waals surface area contributed by atoms with Gasteiger partial charge in [0.05, 0.1) is 0 Å². The largest absolute Gasteiger partial charge is 0.261 e. The van der Waals surface area contributed by atoms with Crippen molar-refractivity contribution in [1.82, 2.24) is 4.98 Å². The Morgan fingerprint density at radius 1 is 0.957 bits per heavy atom. The van der Waals surface area contributed by atoms with Gasteiger partial charge in [-0.1, -0.05) is 58.0 Å². The highest BCUT2D eigenvalue weighted by Crippen LogP contribution is 2.25. The van der Waals surface area contributed by atoms with Gasteiger partial charge in [-0.2, -0.15) is 0 Å². The van der Waals surface area contributed by atoms with Crippen LogP contribution in [-0.2, 0) is 12.8 Å². The van der Waals surface area contributed by atoms with Gasteiger partial charge in [-0.3, -0.25) is 4.98 Å². The number of nitrogens with zero attached hydrogens (tertiary/aromatic N) is 1. The SMILES string of the molecule is CC(C)CCc1ccnc(CC(C)C[C@@H](C)c2ccccc2)c1. The summed E-state index contributed by atoms with van der Waals surface area (Å²) in [6.45, 7) is 9.25. The Balaban J connectivity index is 1.89. The van der Waals surface area contributed by atoms with E-state index < -0.39 is 0 Å². The Hall–Kier alpha value is -1.63. The molecule has 1 aromatic carbocycles. The number of aromatic nitrogens is 1. The summed E-state index contributed by atoms with van der Waals surface area (Å²) in [6, 6.07) is 15.3. The molecule has 1 nitrogen and oxygen atoms in total. The number of hydrogen-bond donors (Lipinski definition) is 0. The van der Waals surface area contributed by atoms with E-state index >= 15 is 0 Å². The first kappa shape index (κ1) is 17.7. The number of rotatable bonds is 8. The molecule has 0 spiro atoms. The van der Waals surface area contributed by atoms with Crippen molar-refractivity contribution in [2.45, 2.75) is 59.3 Å². The van der Waals surface area contributed by atoms with Gasteiger partial charge in [-0.25, -0.2) is 0 Å². The molecule has 0 saturated carbocycles. The second-order valence-corrected chi connectivity index (χ2v) is 7.44. The van der Waals surface area contributed by atoms with Crippen molar-refractivity contribution < 1.29 is 0 Å². The first-order valence-corrected chi connectivity index (χ1v) is 9.03. The number of benzene rings is 1. The molecule has 0 radical (unpaired) electrons. The Morgan fingerprint density at radius 2 is 1.70 bits per heavy atom. The van der Waals surface area contributed by atoms with Gasteiger partial charge in [0.15, 0.2) is 0 Å². The lowest BCUT2D eigenvalue weighted by Gasteiger charge is -2.17. The van der Waals surface area contributed by atoms with Crippen molar-refractivity contribution in [2.24, 2.45) is 11.8 Å². The van der Waals surface area contributed by atoms with Crippen molar-refractivity contribution in [3.8, 4) is 0 Å². The molecule has 0 aliphatic rings. The Kier molecular flexibility index (Phi) is 6.83. The van der Waals surface area contributed by atoms with E-state index in [1.807, 2.05) is 6.20 Å². The topological polar surface area (TPSA) is 12.9 Å². The van der Waals surface area contributed by atoms with E-state index in [0.717, 1.165) is 12.3 Å². The molecule has 0 aliphatic carbocycles. The average molecular weight is 309 g/mol. The lowest BCUT2D eigenvalue weighted by Crippen LogP contribution is -2.07. The van der Waals surface area contributed by atoms with Gasteiger partial charge in [0.25, 0.3) is 0 Å². The first-order chi connectivity index (χ1) is 11.0. The van der Waals surface area contributed by atoms with E-state index in [0.29, 0.717) is 11.8 Å². The van der Waals surface area contributed by atoms with Crippen LogP contribution in [0.1, 0.15) is 63.3 Å². The molecule has 0 amide bonds. The minimum absolute atomic E-state index is 0.607. The van der Waals surface area contributed by atoms with Crippen LogP contribution in [0.3, 0.4) is 0 Å². The van der Waals surface area contributed by atoms with Crippen LogP contribution in [0.15, 0.2) is 48.7 Å². The van der Waals surface area contributed by atoms with Crippen LogP contribution in [0.25, 0.3) is 0 Å². The van der Waals surface area contributed by atoms with Crippen LogP contribution in [0, 0.1) is 11.8 Å². The van der Waals surface area contributed by atoms with Gasteiger partial charge in [0.2, 0.25) is 0 Å². The maximum Gasteiger partial charge on any atom is 0.0409 e. The molecule has 1 heteroatoms. The quantitative estimate of drug-likeness (QED) is 0.579. The summed E-state index contributed by atoms with van der Waals surface area (Å²) in [7, 11) is 0. The fourth-order valence-electron chi connectivity index (χ4n) is 3.21. The molecule has 0 N–H and O–H groups in total. The van der Waals surface area contributed by atoms with E-state index in [2.05, 4.69) is 75.1 Å². The molecule has 124 valence electrons. The minimum atomic E-state index is 0.607. The van der Waals surface area contributed by atoms with Crippen LogP contribution in [0.2, 0.25) is 0 Å². The van der Waals surface area contributed by atoms with Gasteiger partial charge in [0.1, 0.15) is 0 Å². The van der Waals surface area contributed by atoms with Gasteiger partial charge in [-0.05, 0) is 66.7 Å². The lowest BCUT2D eigenvalue weighted by atomic mass is 9.88. The molecule has 1 aromatic heterocycles. The maximum absolute atomic E-state index is 4.59. The highest BCUT2D eigenvalue weighted by Gasteiger charge is 2.12. The summed E-state index contributed by atoms with van der Waals surface area (Å²) in [5, 5.41) is 0. The molecular formula is C22H31N. The van der Waals surface area contributed by atoms with Crippen LogP contribution in [0.4, 0.5) is 0 Å². The third kappa shape index (κ3) is 6.17. The summed E-state index contributed by atoms with van der Waals surface area (Å²) < 4.78 is 0. The fraction of sp³-hybridized carbons (Fsp3) is 0.500. The Morgan fingerprint density at radius 3 is 2.39 bits per heavy atom. The average Bonchev–Trinajstić information content (AvgIpc) is 2.54. The molecule has 1 heterocycles. The zero-order valence-corrected chi connectivity index (χ0v) is 15.1. The van der Waals surface area contributed by atoms with Crippen molar-refractivity contribution in [3.63, 3.8) is 0 Å². The van der Waals surface area contributed by atoms with Gasteiger partial charge in [0, 0.05) is 11.9 Å². The van der Waals surface area contributed by atoms with Crippen molar-refractivity contribution in [1.29, 1.82) is 0 Å². The molecule has 23 heavy (non-hydrogen) atoms. The molecule has 1 unspecified atom stereocenters. The monoisotopic (exact) mass is 309 g/mol. The first-order valence-electron chi connectivity index (χ1n) is 9.03. The van der Waals surface area contributed by atoms with Crippen LogP contribution in [-0.4, -0.2) is 4.98 Å². The summed E-state index contributed by atoms with van der Waals surface area (Å²) >= 11 is 0. The molecular weight excluding hydrogens is 278 g/mol. The second-order valence-electron chi connectivity index (χ2n) is 7.44. The summed E-state index contributed by atoms with van der Waals surface area (Å²) in [5.74, 6) is 2.02. The standard InChI is InChI=1S/C22H31N/c1-17(2)10-11-20-12-13-23-22(16-20)15-18(3)14-19(4)21-8-6-5-7-9-21/h5-9,12-13,16-19H,10-11,14-15H2,1-4H3/t18?,19-/m1/s1. The third-order valence-corrected chi connectivity index (χ3v) is 4.57. The molecule has 0 bridgehead atoms. The van der Waals surface area contributed by atoms with Crippen LogP contribution in [0.5, 0.6) is 0 Å². The molecule has 0 aliphatic heterocycles. The van der Waals surface area contributed by atoms with E-state index in [1.165, 1.54) is 36.1 Å². The second kappa shape index (κ2) is 8.86. The Bertz CT molecular complexity index is 574. The van der Waals surface area contributed by atoms with E-state index in [-0.39, 0.29) is 0 Å². The molecule has 0 fully saturated rings. The smallest absolute Gasteiger partial charge is 0.0409 e. The third-order valence-electron chi connectivity index (χ3n) is 4.57. The molecule has 0 saturated heterocycles. The van der Waals surface area contributed by atoms with Gasteiger partial charge >= 0.3 is 0 Å². The van der Waals surface area contributed by atoms with Gasteiger partial charge < -0.3 is 0 Å². The van der Waals surface area contributed by atoms with Crippen LogP contribution >= 0.6 is 0 Å². The lowest BCUT2D eigenvalue weighted by molar-refractivity contribution is 0.477. The highest BCUT2D eigenvalue weighted by atomic mass is 14.7. The van der Waals surface area contributed by atoms with Crippen molar-refractivity contribution in [2.75, 3.05) is 0 Å². The normalized spacial score (nSPS) is 14.0. The highest BCUT2D eigenvalue weighted by molar-refractivity contribution is 5.19. The fourth-order valence-corrected chi connectivity index (χ4v) is 3.21. The molecule has 2 rings (SSSR count). The molecule has 2 aromatic rings. The summed E-state index contributed by atoms with van der Waals surface area (Å²) in [6.07, 6.45) is 6.69. The van der Waals surface area contributed by atoms with E-state index in [4.69, 9.17) is 0 Å². The zero-order valence-electron chi connectivity index (χ0n) is 15.1. The van der Waals surface area contributed by atoms with Gasteiger partial charge in [-0.15, -0.1) is 0 Å². The van der Waals surface area contributed by atoms with Crippen LogP contribution < -0.4 is 0 Å². The number of hydrogen-bond acceptors (Lipinski definition) is 1. The maximum atomic E-state index is 4.59. The minimum Gasteiger partial charge on any atom is -0.261 e. The summed E-state index contributed by atoms with van der Waals surface area (Å²) in [4.78, 5) is 4.59. The predicted octanol–water partition coefficient (Wildman–Crippen LogP) is 6.04. The number of aryl methyl sites for hydroxylation is 1. The number of pyridine rings is 1. The van der Waals surface area contributed by atoms with Crippen molar-refractivity contribution >= 4 is 0 Å². The Labute approximate surface area is 142 Å². The van der Waals surface area contributed by atoms with E-state index in [1.54, 1.807) is 0 Å².